The average Bonchev–Trinajstić information content (AvgIpc) is 3.57. The molecule has 1 N–H and O–H groups in total. The number of benzene rings is 4. The molecule has 0 bridgehead atoms. The monoisotopic (exact) mass is 544 g/mol. The summed E-state index contributed by atoms with van der Waals surface area (Å²) in [6, 6.07) is 32.9. The summed E-state index contributed by atoms with van der Waals surface area (Å²) in [5, 5.41) is 9.44. The summed E-state index contributed by atoms with van der Waals surface area (Å²) in [7, 11) is 1.48. The normalized spacial score (nSPS) is 16.1. The first-order chi connectivity index (χ1) is 20.1. The number of rotatable bonds is 7. The van der Waals surface area contributed by atoms with E-state index in [9.17, 15) is 9.59 Å². The van der Waals surface area contributed by atoms with Crippen LogP contribution in [0, 0.1) is 0 Å². The second-order valence-corrected chi connectivity index (χ2v) is 10.3. The molecule has 0 spiro atoms. The fourth-order valence-electron chi connectivity index (χ4n) is 6.00. The predicted octanol–water partition coefficient (Wildman–Crippen LogP) is 6.19. The summed E-state index contributed by atoms with van der Waals surface area (Å²) < 4.78 is 2.27. The van der Waals surface area contributed by atoms with Gasteiger partial charge in [0.2, 0.25) is 11.8 Å². The Hall–Kier alpha value is -4.91. The fraction of sp³-hybridized carbons (Fsp3) is 0.206. The molecule has 6 rings (SSSR count). The van der Waals surface area contributed by atoms with E-state index in [1.54, 1.807) is 4.90 Å². The van der Waals surface area contributed by atoms with E-state index in [1.165, 1.54) is 7.11 Å². The van der Waals surface area contributed by atoms with Crippen molar-refractivity contribution in [2.45, 2.75) is 31.8 Å². The van der Waals surface area contributed by atoms with E-state index < -0.39 is 12.0 Å². The number of para-hydroxylation sites is 1. The minimum Gasteiger partial charge on any atom is -0.399 e. The number of aryl methyl sites for hydroxylation is 1. The van der Waals surface area contributed by atoms with Crippen molar-refractivity contribution in [1.82, 2.24) is 9.47 Å². The molecule has 41 heavy (non-hydrogen) atoms. The predicted molar refractivity (Wildman–Crippen MR) is 163 cm³/mol. The molecule has 1 atom stereocenters. The number of likely N-dealkylation sites (tertiary alicyclic amines) is 1. The Morgan fingerprint density at radius 1 is 0.878 bits per heavy atom. The summed E-state index contributed by atoms with van der Waals surface area (Å²) in [5.74, 6) is -0.949. The molecule has 1 aliphatic heterocycles. The first-order valence-electron chi connectivity index (χ1n) is 13.9. The number of oxime groups is 1. The molecule has 2 amide bonds. The zero-order valence-corrected chi connectivity index (χ0v) is 23.2. The summed E-state index contributed by atoms with van der Waals surface area (Å²) in [4.78, 5) is 34.8. The number of nitrogens with one attached hydrogen (secondary N) is 1. The molecule has 0 aliphatic carbocycles. The van der Waals surface area contributed by atoms with Gasteiger partial charge in [-0.15, -0.1) is 0 Å². The standard InChI is InChI=1S/C34H32N4O3/c1-3-37-29-17-11-10-16-27(29)28-20-25(18-19-30(28)37)35-33(39)31-21-26(36-41-2)22-38(31)34(40)32(23-12-6-4-7-13-23)24-14-8-5-9-15-24/h4-20,31-32H,3,21-22H2,1-2H3,(H,35,39)/t31-/m0/s1. The summed E-state index contributed by atoms with van der Waals surface area (Å²) in [5.41, 5.74) is 5.37. The van der Waals surface area contributed by atoms with Crippen LogP contribution in [0.3, 0.4) is 0 Å². The topological polar surface area (TPSA) is 75.9 Å². The Labute approximate surface area is 239 Å². The van der Waals surface area contributed by atoms with Crippen LogP contribution in [-0.4, -0.2) is 46.7 Å². The highest BCUT2D eigenvalue weighted by atomic mass is 16.6. The molecule has 1 fully saturated rings. The van der Waals surface area contributed by atoms with Gasteiger partial charge in [0.25, 0.3) is 0 Å². The van der Waals surface area contributed by atoms with Crippen LogP contribution >= 0.6 is 0 Å². The van der Waals surface area contributed by atoms with Crippen molar-refractivity contribution in [3.8, 4) is 0 Å². The number of carbonyl (C=O) groups excluding carboxylic acids is 2. The summed E-state index contributed by atoms with van der Waals surface area (Å²) in [6.45, 7) is 3.20. The Kier molecular flexibility index (Phi) is 7.25. The molecule has 0 saturated carbocycles. The molecule has 7 heteroatoms. The lowest BCUT2D eigenvalue weighted by molar-refractivity contribution is -0.137. The van der Waals surface area contributed by atoms with E-state index in [1.807, 2.05) is 91.0 Å². The molecule has 4 aromatic carbocycles. The van der Waals surface area contributed by atoms with Crippen molar-refractivity contribution in [2.24, 2.45) is 5.16 Å². The molecule has 7 nitrogen and oxygen atoms in total. The van der Waals surface area contributed by atoms with Crippen LogP contribution in [0.15, 0.2) is 108 Å². The van der Waals surface area contributed by atoms with Gasteiger partial charge in [-0.3, -0.25) is 9.59 Å². The van der Waals surface area contributed by atoms with Gasteiger partial charge in [0, 0.05) is 40.5 Å². The third-order valence-corrected chi connectivity index (χ3v) is 7.83. The number of nitrogens with zero attached hydrogens (tertiary/aromatic N) is 3. The molecule has 1 aromatic heterocycles. The quantitative estimate of drug-likeness (QED) is 0.248. The van der Waals surface area contributed by atoms with E-state index >= 15 is 0 Å². The second kappa shape index (κ2) is 11.3. The highest BCUT2D eigenvalue weighted by Gasteiger charge is 2.41. The zero-order valence-electron chi connectivity index (χ0n) is 23.2. The molecular formula is C34H32N4O3. The fourth-order valence-corrected chi connectivity index (χ4v) is 6.00. The molecule has 0 unspecified atom stereocenters. The highest BCUT2D eigenvalue weighted by Crippen LogP contribution is 2.33. The Morgan fingerprint density at radius 2 is 1.51 bits per heavy atom. The lowest BCUT2D eigenvalue weighted by Gasteiger charge is -2.28. The van der Waals surface area contributed by atoms with E-state index in [2.05, 4.69) is 34.1 Å². The maximum atomic E-state index is 14.3. The number of fused-ring (bicyclic) bond motifs is 3. The number of aromatic nitrogens is 1. The molecule has 2 heterocycles. The Morgan fingerprint density at radius 3 is 2.17 bits per heavy atom. The minimum atomic E-state index is -0.723. The lowest BCUT2D eigenvalue weighted by Crippen LogP contribution is -2.45. The van der Waals surface area contributed by atoms with Gasteiger partial charge in [0.1, 0.15) is 13.2 Å². The van der Waals surface area contributed by atoms with Gasteiger partial charge in [-0.1, -0.05) is 84.0 Å². The van der Waals surface area contributed by atoms with Crippen LogP contribution in [0.1, 0.15) is 30.4 Å². The molecular weight excluding hydrogens is 512 g/mol. The van der Waals surface area contributed by atoms with Crippen LogP contribution in [0.5, 0.6) is 0 Å². The maximum Gasteiger partial charge on any atom is 0.247 e. The molecule has 206 valence electrons. The largest absolute Gasteiger partial charge is 0.399 e. The van der Waals surface area contributed by atoms with Crippen molar-refractivity contribution in [3.05, 3.63) is 114 Å². The molecule has 1 aliphatic rings. The van der Waals surface area contributed by atoms with Gasteiger partial charge < -0.3 is 19.6 Å². The number of hydrogen-bond acceptors (Lipinski definition) is 4. The first kappa shape index (κ1) is 26.3. The van der Waals surface area contributed by atoms with Gasteiger partial charge in [0.05, 0.1) is 18.2 Å². The summed E-state index contributed by atoms with van der Waals surface area (Å²) >= 11 is 0. The van der Waals surface area contributed by atoms with Crippen molar-refractivity contribution in [1.29, 1.82) is 0 Å². The van der Waals surface area contributed by atoms with Crippen LogP contribution in [0.25, 0.3) is 21.8 Å². The van der Waals surface area contributed by atoms with Gasteiger partial charge in [0.15, 0.2) is 0 Å². The molecule has 5 aromatic rings. The van der Waals surface area contributed by atoms with Crippen molar-refractivity contribution in [3.63, 3.8) is 0 Å². The lowest BCUT2D eigenvalue weighted by atomic mass is 9.90. The highest BCUT2D eigenvalue weighted by molar-refractivity contribution is 6.11. The number of hydrogen-bond donors (Lipinski definition) is 1. The zero-order chi connectivity index (χ0) is 28.3. The van der Waals surface area contributed by atoms with Gasteiger partial charge in [-0.2, -0.15) is 0 Å². The van der Waals surface area contributed by atoms with Gasteiger partial charge in [-0.25, -0.2) is 0 Å². The summed E-state index contributed by atoms with van der Waals surface area (Å²) in [6.07, 6.45) is 0.305. The van der Waals surface area contributed by atoms with Crippen LogP contribution < -0.4 is 5.32 Å². The second-order valence-electron chi connectivity index (χ2n) is 10.3. The number of carbonyl (C=O) groups is 2. The number of anilines is 1. The van der Waals surface area contributed by atoms with Crippen molar-refractivity contribution in [2.75, 3.05) is 19.0 Å². The van der Waals surface area contributed by atoms with E-state index in [-0.39, 0.29) is 18.4 Å². The smallest absolute Gasteiger partial charge is 0.247 e. The SMILES string of the molecule is CCn1c2ccccc2c2cc(NC(=O)[C@@H]3CC(=NOC)CN3C(=O)C(c3ccccc3)c3ccccc3)ccc21. The molecule has 1 saturated heterocycles. The van der Waals surface area contributed by atoms with E-state index in [4.69, 9.17) is 4.84 Å². The van der Waals surface area contributed by atoms with Crippen molar-refractivity contribution < 1.29 is 14.4 Å². The van der Waals surface area contributed by atoms with Crippen LogP contribution in [0.2, 0.25) is 0 Å². The van der Waals surface area contributed by atoms with E-state index in [0.717, 1.165) is 39.5 Å². The first-order valence-corrected chi connectivity index (χ1v) is 13.9. The van der Waals surface area contributed by atoms with Crippen LogP contribution in [-0.2, 0) is 21.0 Å². The minimum absolute atomic E-state index is 0.148. The van der Waals surface area contributed by atoms with Gasteiger partial charge in [-0.05, 0) is 42.3 Å². The van der Waals surface area contributed by atoms with Gasteiger partial charge >= 0.3 is 0 Å². The third kappa shape index (κ3) is 4.95. The van der Waals surface area contributed by atoms with Crippen LogP contribution in [0.4, 0.5) is 5.69 Å². The van der Waals surface area contributed by atoms with Crippen molar-refractivity contribution >= 4 is 45.0 Å². The molecule has 0 radical (unpaired) electrons. The Balaban J connectivity index is 1.33. The third-order valence-electron chi connectivity index (χ3n) is 7.83. The van der Waals surface area contributed by atoms with E-state index in [0.29, 0.717) is 17.8 Å². The Bertz CT molecular complexity index is 1700. The average molecular weight is 545 g/mol. The maximum absolute atomic E-state index is 14.3. The number of amides is 2.